The van der Waals surface area contributed by atoms with E-state index in [2.05, 4.69) is 26.3 Å². The first kappa shape index (κ1) is 37.8. The number of nitrogens with one attached hydrogen (secondary N) is 4. The number of nitrogens with two attached hydrogens (primary N) is 5. The average molecular weight is 697 g/mol. The zero-order chi connectivity index (χ0) is 36.6. The van der Waals surface area contributed by atoms with Crippen molar-refractivity contribution in [3.63, 3.8) is 0 Å². The number of guanidine groups is 1. The molecule has 1 heterocycles. The molecule has 2 aliphatic rings. The van der Waals surface area contributed by atoms with Crippen LogP contribution in [0.1, 0.15) is 49.1 Å². The fourth-order valence-electron chi connectivity index (χ4n) is 6.02. The molecule has 3 unspecified atom stereocenters. The van der Waals surface area contributed by atoms with Gasteiger partial charge >= 0.3 is 0 Å². The second-order valence-electron chi connectivity index (χ2n) is 12.7. The van der Waals surface area contributed by atoms with Crippen molar-refractivity contribution < 1.29 is 34.5 Å². The molecule has 0 spiro atoms. The van der Waals surface area contributed by atoms with E-state index in [-0.39, 0.29) is 69.3 Å². The molecule has 1 aliphatic heterocycles. The number of carbonyl (C=O) groups is 4. The predicted octanol–water partition coefficient (Wildman–Crippen LogP) is -2.81. The van der Waals surface area contributed by atoms with Crippen LogP contribution in [0, 0.1) is 0 Å². The standard InChI is InChI=1S/C33H48N10O7/c34-9-1-3-25-30(49)43-33(31(50)42-24(4-2-10-39-32(37)38)29(48)40-16-20(44)15-35)14-22(33)21-12-18(6-8-27(21)46)17-5-7-26(45)19(11-17)13-23(36)28(47)41-25/h5-8,11-12,20,22-25,44-46H,1-4,9-10,13-16,34-36H2,(H,40,48)(H,41,47)(H,42,50)(H,43,49)(H4,37,38,39)/t20?,22?,23-,24-,25-,33?/m0/s1. The molecular weight excluding hydrogens is 648 g/mol. The molecule has 272 valence electrons. The van der Waals surface area contributed by atoms with Gasteiger partial charge in [-0.25, -0.2) is 0 Å². The summed E-state index contributed by atoms with van der Waals surface area (Å²) in [7, 11) is 0. The SMILES string of the molecule is NCCC[C@@H]1NC(=O)[C@@H](N)Cc2cc(ccc2O)-c2ccc(O)c(c2)C2CC2(C(=O)N[C@@H](CCCN=C(N)N)C(=O)NCC(O)CN)NC1=O. The Labute approximate surface area is 289 Å². The zero-order valence-corrected chi connectivity index (χ0v) is 27.7. The number of fused-ring (bicyclic) bond motifs is 7. The Morgan fingerprint density at radius 1 is 1.02 bits per heavy atom. The van der Waals surface area contributed by atoms with Crippen molar-refractivity contribution in [3.05, 3.63) is 47.5 Å². The van der Waals surface area contributed by atoms with E-state index >= 15 is 0 Å². The number of amides is 4. The number of aliphatic hydroxyl groups excluding tert-OH is 1. The summed E-state index contributed by atoms with van der Waals surface area (Å²) < 4.78 is 0. The van der Waals surface area contributed by atoms with Crippen LogP contribution < -0.4 is 49.9 Å². The summed E-state index contributed by atoms with van der Waals surface area (Å²) in [6, 6.07) is 6.27. The fraction of sp³-hybridized carbons (Fsp3) is 0.485. The highest BCUT2D eigenvalue weighted by atomic mass is 16.3. The Morgan fingerprint density at radius 2 is 1.72 bits per heavy atom. The Balaban J connectivity index is 1.75. The summed E-state index contributed by atoms with van der Waals surface area (Å²) >= 11 is 0. The Bertz CT molecular complexity index is 1600. The number of aliphatic imine (C=N–C) groups is 1. The van der Waals surface area contributed by atoms with Gasteiger partial charge in [-0.05, 0) is 79.6 Å². The maximum Gasteiger partial charge on any atom is 0.247 e. The van der Waals surface area contributed by atoms with Gasteiger partial charge in [0.2, 0.25) is 23.6 Å². The van der Waals surface area contributed by atoms with Gasteiger partial charge in [0.25, 0.3) is 0 Å². The molecule has 1 fully saturated rings. The fourth-order valence-corrected chi connectivity index (χ4v) is 6.02. The molecule has 0 radical (unpaired) electrons. The summed E-state index contributed by atoms with van der Waals surface area (Å²) in [5.41, 5.74) is 28.7. The number of aromatic hydroxyl groups is 2. The average Bonchev–Trinajstić information content (AvgIpc) is 3.81. The van der Waals surface area contributed by atoms with E-state index in [4.69, 9.17) is 28.7 Å². The van der Waals surface area contributed by atoms with Crippen molar-refractivity contribution in [2.24, 2.45) is 33.7 Å². The largest absolute Gasteiger partial charge is 0.508 e. The van der Waals surface area contributed by atoms with Crippen molar-refractivity contribution in [3.8, 4) is 22.6 Å². The van der Waals surface area contributed by atoms with Gasteiger partial charge in [-0.2, -0.15) is 0 Å². The van der Waals surface area contributed by atoms with E-state index in [1.54, 1.807) is 24.3 Å². The number of benzene rings is 2. The van der Waals surface area contributed by atoms with Gasteiger partial charge in [0.1, 0.15) is 29.1 Å². The van der Waals surface area contributed by atoms with Crippen LogP contribution in [0.4, 0.5) is 0 Å². The topological polar surface area (TPSA) is 320 Å². The third-order valence-electron chi connectivity index (χ3n) is 8.99. The minimum atomic E-state index is -1.64. The Hall–Kier alpha value is -4.97. The number of nitrogens with zero attached hydrogens (tertiary/aromatic N) is 1. The van der Waals surface area contributed by atoms with E-state index in [0.29, 0.717) is 35.1 Å². The van der Waals surface area contributed by atoms with Gasteiger partial charge in [-0.3, -0.25) is 24.2 Å². The van der Waals surface area contributed by atoms with Crippen LogP contribution in [-0.2, 0) is 25.6 Å². The van der Waals surface area contributed by atoms with Crippen LogP contribution in [0.25, 0.3) is 11.1 Å². The zero-order valence-electron chi connectivity index (χ0n) is 27.7. The lowest BCUT2D eigenvalue weighted by Crippen LogP contribution is -2.60. The first-order chi connectivity index (χ1) is 23.8. The Kier molecular flexibility index (Phi) is 12.6. The van der Waals surface area contributed by atoms with Crippen molar-refractivity contribution >= 4 is 29.6 Å². The minimum absolute atomic E-state index is 0.0361. The lowest BCUT2D eigenvalue weighted by molar-refractivity contribution is -0.135. The normalized spacial score (nSPS) is 22.7. The minimum Gasteiger partial charge on any atom is -0.508 e. The van der Waals surface area contributed by atoms with Crippen molar-refractivity contribution in [1.29, 1.82) is 0 Å². The first-order valence-electron chi connectivity index (χ1n) is 16.5. The van der Waals surface area contributed by atoms with Gasteiger partial charge in [0, 0.05) is 37.5 Å². The molecule has 17 N–H and O–H groups in total. The van der Waals surface area contributed by atoms with Gasteiger partial charge in [-0.1, -0.05) is 12.1 Å². The number of hydrogen-bond donors (Lipinski definition) is 12. The maximum atomic E-state index is 14.3. The van der Waals surface area contributed by atoms with E-state index in [1.165, 1.54) is 12.1 Å². The monoisotopic (exact) mass is 696 g/mol. The molecule has 0 aromatic heterocycles. The van der Waals surface area contributed by atoms with E-state index in [0.717, 1.165) is 0 Å². The number of phenolic OH excluding ortho intramolecular Hbond substituents is 2. The molecule has 0 saturated heterocycles. The third-order valence-corrected chi connectivity index (χ3v) is 8.99. The summed E-state index contributed by atoms with van der Waals surface area (Å²) in [5, 5.41) is 42.3. The van der Waals surface area contributed by atoms with E-state index < -0.39 is 59.3 Å². The second-order valence-corrected chi connectivity index (χ2v) is 12.7. The molecule has 1 saturated carbocycles. The number of aliphatic hydroxyl groups is 1. The van der Waals surface area contributed by atoms with Crippen molar-refractivity contribution in [1.82, 2.24) is 21.3 Å². The second kappa shape index (κ2) is 16.6. The quantitative estimate of drug-likeness (QED) is 0.0574. The highest BCUT2D eigenvalue weighted by molar-refractivity contribution is 6.00. The highest BCUT2D eigenvalue weighted by Crippen LogP contribution is 2.55. The summed E-state index contributed by atoms with van der Waals surface area (Å²) in [5.74, 6) is -3.73. The van der Waals surface area contributed by atoms with Crippen LogP contribution in [0.3, 0.4) is 0 Å². The molecule has 4 amide bonds. The number of hydrogen-bond acceptors (Lipinski definition) is 11. The van der Waals surface area contributed by atoms with Crippen LogP contribution in [0.15, 0.2) is 41.4 Å². The number of carbonyl (C=O) groups excluding carboxylic acids is 4. The third kappa shape index (κ3) is 9.17. The lowest BCUT2D eigenvalue weighted by Gasteiger charge is -2.27. The molecule has 17 heteroatoms. The van der Waals surface area contributed by atoms with Gasteiger partial charge in [0.05, 0.1) is 12.1 Å². The van der Waals surface area contributed by atoms with Gasteiger partial charge < -0.3 is 65.3 Å². The summed E-state index contributed by atoms with van der Waals surface area (Å²) in [6.07, 6.45) is -0.125. The molecule has 2 aromatic rings. The molecule has 1 aliphatic carbocycles. The predicted molar refractivity (Wildman–Crippen MR) is 185 cm³/mol. The van der Waals surface area contributed by atoms with Crippen LogP contribution in [0.5, 0.6) is 11.5 Å². The van der Waals surface area contributed by atoms with Gasteiger partial charge in [0.15, 0.2) is 5.96 Å². The molecule has 6 atom stereocenters. The maximum absolute atomic E-state index is 14.3. The van der Waals surface area contributed by atoms with Crippen LogP contribution in [0.2, 0.25) is 0 Å². The summed E-state index contributed by atoms with van der Waals surface area (Å²) in [6.45, 7) is 0.128. The highest BCUT2D eigenvalue weighted by Gasteiger charge is 2.63. The molecule has 50 heavy (non-hydrogen) atoms. The van der Waals surface area contributed by atoms with Crippen LogP contribution >= 0.6 is 0 Å². The van der Waals surface area contributed by atoms with Gasteiger partial charge in [-0.15, -0.1) is 0 Å². The van der Waals surface area contributed by atoms with E-state index in [1.807, 2.05) is 0 Å². The number of phenols is 2. The summed E-state index contributed by atoms with van der Waals surface area (Å²) in [4.78, 5) is 58.7. The first-order valence-corrected chi connectivity index (χ1v) is 16.5. The van der Waals surface area contributed by atoms with Crippen molar-refractivity contribution in [2.45, 2.75) is 74.2 Å². The molecule has 17 nitrogen and oxygen atoms in total. The van der Waals surface area contributed by atoms with E-state index in [9.17, 15) is 34.5 Å². The lowest BCUT2D eigenvalue weighted by atomic mass is 9.95. The molecule has 2 aromatic carbocycles. The Morgan fingerprint density at radius 3 is 2.40 bits per heavy atom. The molecule has 4 bridgehead atoms. The smallest absolute Gasteiger partial charge is 0.247 e. The molecular formula is C33H48N10O7. The number of rotatable bonds is 13. The molecule has 4 rings (SSSR count). The van der Waals surface area contributed by atoms with Crippen LogP contribution in [-0.4, -0.2) is 101 Å². The van der Waals surface area contributed by atoms with Crippen molar-refractivity contribution in [2.75, 3.05) is 26.2 Å².